The van der Waals surface area contributed by atoms with E-state index in [9.17, 15) is 9.18 Å². The molecule has 0 aliphatic carbocycles. The fourth-order valence-electron chi connectivity index (χ4n) is 1.72. The van der Waals surface area contributed by atoms with Gasteiger partial charge in [-0.3, -0.25) is 4.79 Å². The Bertz CT molecular complexity index is 642. The second-order valence-corrected chi connectivity index (χ2v) is 5.52. The topological polar surface area (TPSA) is 67.4 Å². The number of benzene rings is 1. The maximum atomic E-state index is 13.2. The summed E-state index contributed by atoms with van der Waals surface area (Å²) in [5.74, 6) is -0.452. The molecule has 1 N–H and O–H groups in total. The lowest BCUT2D eigenvalue weighted by atomic mass is 10.2. The zero-order chi connectivity index (χ0) is 14.1. The van der Waals surface area contributed by atoms with Crippen LogP contribution in [0.1, 0.15) is 18.0 Å². The van der Waals surface area contributed by atoms with E-state index in [1.165, 1.54) is 23.5 Å². The summed E-state index contributed by atoms with van der Waals surface area (Å²) in [6, 6.07) is 5.94. The monoisotopic (exact) mass is 293 g/mol. The lowest BCUT2D eigenvalue weighted by Crippen LogP contribution is -2.30. The first-order valence-electron chi connectivity index (χ1n) is 6.15. The van der Waals surface area contributed by atoms with Gasteiger partial charge in [0.15, 0.2) is 6.10 Å². The highest BCUT2D eigenvalue weighted by Crippen LogP contribution is 2.27. The molecular weight excluding hydrogens is 281 g/mol. The molecule has 0 bridgehead atoms. The molecule has 1 aromatic heterocycles. The van der Waals surface area contributed by atoms with E-state index in [0.717, 1.165) is 0 Å². The van der Waals surface area contributed by atoms with Crippen LogP contribution in [0.4, 0.5) is 4.39 Å². The Kier molecular flexibility index (Phi) is 3.45. The molecule has 2 heterocycles. The van der Waals surface area contributed by atoms with Crippen LogP contribution in [-0.4, -0.2) is 28.8 Å². The predicted octanol–water partition coefficient (Wildman–Crippen LogP) is 1.92. The molecule has 2 atom stereocenters. The second kappa shape index (κ2) is 5.26. The van der Waals surface area contributed by atoms with Gasteiger partial charge in [-0.2, -0.15) is 0 Å². The minimum absolute atomic E-state index is 0.139. The normalized spacial score (nSPS) is 18.6. The minimum atomic E-state index is -0.326. The van der Waals surface area contributed by atoms with E-state index in [-0.39, 0.29) is 23.9 Å². The Labute approximate surface area is 118 Å². The molecule has 5 nitrogen and oxygen atoms in total. The number of ether oxygens (including phenoxy) is 1. The number of aromatic nitrogens is 2. The van der Waals surface area contributed by atoms with Crippen LogP contribution in [0, 0.1) is 5.82 Å². The van der Waals surface area contributed by atoms with E-state index in [1.54, 1.807) is 12.1 Å². The van der Waals surface area contributed by atoms with Gasteiger partial charge in [0.25, 0.3) is 5.91 Å². The Hall–Kier alpha value is -1.86. The van der Waals surface area contributed by atoms with Gasteiger partial charge in [0.05, 0.1) is 12.6 Å². The summed E-state index contributed by atoms with van der Waals surface area (Å²) in [6.45, 7) is 2.30. The van der Waals surface area contributed by atoms with Crippen molar-refractivity contribution in [1.82, 2.24) is 15.5 Å². The lowest BCUT2D eigenvalue weighted by Gasteiger charge is -2.08. The summed E-state index contributed by atoms with van der Waals surface area (Å²) in [4.78, 5) is 11.6. The second-order valence-electron chi connectivity index (χ2n) is 4.51. The molecule has 0 spiro atoms. The molecule has 1 fully saturated rings. The first-order chi connectivity index (χ1) is 9.63. The van der Waals surface area contributed by atoms with Crippen LogP contribution >= 0.6 is 11.3 Å². The number of hydrogen-bond donors (Lipinski definition) is 1. The summed E-state index contributed by atoms with van der Waals surface area (Å²) in [7, 11) is 0. The summed E-state index contributed by atoms with van der Waals surface area (Å²) in [5, 5.41) is 12.2. The summed E-state index contributed by atoms with van der Waals surface area (Å²) in [5.41, 5.74) is 0.679. The van der Waals surface area contributed by atoms with Crippen LogP contribution in [0.2, 0.25) is 0 Å². The average Bonchev–Trinajstić information content (AvgIpc) is 3.16. The molecule has 1 aliphatic heterocycles. The molecule has 0 radical (unpaired) electrons. The number of rotatable bonds is 4. The van der Waals surface area contributed by atoms with Gasteiger partial charge < -0.3 is 10.1 Å². The quantitative estimate of drug-likeness (QED) is 0.875. The van der Waals surface area contributed by atoms with Crippen LogP contribution in [0.15, 0.2) is 24.3 Å². The molecule has 7 heteroatoms. The van der Waals surface area contributed by atoms with Gasteiger partial charge in [-0.25, -0.2) is 4.39 Å². The van der Waals surface area contributed by atoms with E-state index >= 15 is 0 Å². The third-order valence-corrected chi connectivity index (χ3v) is 4.02. The van der Waals surface area contributed by atoms with Crippen molar-refractivity contribution in [2.45, 2.75) is 19.1 Å². The SMILES string of the molecule is CC(NC(=O)C1CO1)c1nnc(-c2cccc(F)c2)s1. The largest absolute Gasteiger partial charge is 0.363 e. The molecule has 104 valence electrons. The van der Waals surface area contributed by atoms with Gasteiger partial charge in [-0.15, -0.1) is 10.2 Å². The van der Waals surface area contributed by atoms with Crippen LogP contribution in [0.5, 0.6) is 0 Å². The number of hydrogen-bond acceptors (Lipinski definition) is 5. The first kappa shape index (κ1) is 13.1. The number of carbonyl (C=O) groups is 1. The molecule has 2 aromatic rings. The predicted molar refractivity (Wildman–Crippen MR) is 71.6 cm³/mol. The summed E-state index contributed by atoms with van der Waals surface area (Å²) in [6.07, 6.45) is -0.326. The number of amides is 1. The number of nitrogens with zero attached hydrogens (tertiary/aromatic N) is 2. The van der Waals surface area contributed by atoms with E-state index in [2.05, 4.69) is 15.5 Å². The molecule has 1 aliphatic rings. The van der Waals surface area contributed by atoms with E-state index in [0.29, 0.717) is 22.2 Å². The zero-order valence-corrected chi connectivity index (χ0v) is 11.5. The zero-order valence-electron chi connectivity index (χ0n) is 10.7. The highest BCUT2D eigenvalue weighted by Gasteiger charge is 2.32. The van der Waals surface area contributed by atoms with Gasteiger partial charge in [-0.05, 0) is 19.1 Å². The third kappa shape index (κ3) is 2.83. The van der Waals surface area contributed by atoms with Crippen molar-refractivity contribution in [3.63, 3.8) is 0 Å². The molecular formula is C13H12FN3O2S. The van der Waals surface area contributed by atoms with Gasteiger partial charge in [0, 0.05) is 5.56 Å². The smallest absolute Gasteiger partial charge is 0.252 e. The highest BCUT2D eigenvalue weighted by molar-refractivity contribution is 7.14. The van der Waals surface area contributed by atoms with Crippen LogP contribution in [0.3, 0.4) is 0 Å². The van der Waals surface area contributed by atoms with Gasteiger partial charge in [0.1, 0.15) is 15.8 Å². The van der Waals surface area contributed by atoms with E-state index in [1.807, 2.05) is 6.92 Å². The van der Waals surface area contributed by atoms with Crippen LogP contribution in [-0.2, 0) is 9.53 Å². The molecule has 20 heavy (non-hydrogen) atoms. The maximum Gasteiger partial charge on any atom is 0.252 e. The minimum Gasteiger partial charge on any atom is -0.363 e. The van der Waals surface area contributed by atoms with Crippen molar-refractivity contribution in [1.29, 1.82) is 0 Å². The Balaban J connectivity index is 1.74. The molecule has 2 unspecified atom stereocenters. The van der Waals surface area contributed by atoms with Crippen molar-refractivity contribution in [3.8, 4) is 10.6 Å². The van der Waals surface area contributed by atoms with E-state index in [4.69, 9.17) is 4.74 Å². The fourth-order valence-corrected chi connectivity index (χ4v) is 2.56. The molecule has 1 amide bonds. The Morgan fingerprint density at radius 1 is 1.55 bits per heavy atom. The summed E-state index contributed by atoms with van der Waals surface area (Å²) < 4.78 is 18.1. The van der Waals surface area contributed by atoms with Gasteiger partial charge >= 0.3 is 0 Å². The number of halogens is 1. The molecule has 3 rings (SSSR count). The van der Waals surface area contributed by atoms with E-state index < -0.39 is 0 Å². The van der Waals surface area contributed by atoms with Crippen molar-refractivity contribution in [3.05, 3.63) is 35.1 Å². The van der Waals surface area contributed by atoms with Gasteiger partial charge in [0.2, 0.25) is 0 Å². The molecule has 1 aromatic carbocycles. The Morgan fingerprint density at radius 2 is 2.35 bits per heavy atom. The van der Waals surface area contributed by atoms with Crippen molar-refractivity contribution < 1.29 is 13.9 Å². The molecule has 1 saturated heterocycles. The average molecular weight is 293 g/mol. The van der Waals surface area contributed by atoms with Crippen molar-refractivity contribution in [2.24, 2.45) is 0 Å². The third-order valence-electron chi connectivity index (χ3n) is 2.87. The number of carbonyl (C=O) groups excluding carboxylic acids is 1. The maximum absolute atomic E-state index is 13.2. The Morgan fingerprint density at radius 3 is 3.05 bits per heavy atom. The highest BCUT2D eigenvalue weighted by atomic mass is 32.1. The standard InChI is InChI=1S/C13H12FN3O2S/c1-7(15-11(18)10-6-19-10)12-16-17-13(20-12)8-3-2-4-9(14)5-8/h2-5,7,10H,6H2,1H3,(H,15,18). The molecule has 0 saturated carbocycles. The van der Waals surface area contributed by atoms with Crippen LogP contribution in [0.25, 0.3) is 10.6 Å². The lowest BCUT2D eigenvalue weighted by molar-refractivity contribution is -0.122. The van der Waals surface area contributed by atoms with Crippen molar-refractivity contribution in [2.75, 3.05) is 6.61 Å². The van der Waals surface area contributed by atoms with Gasteiger partial charge in [-0.1, -0.05) is 23.5 Å². The number of nitrogens with one attached hydrogen (secondary N) is 1. The number of epoxide rings is 1. The fraction of sp³-hybridized carbons (Fsp3) is 0.308. The van der Waals surface area contributed by atoms with Crippen molar-refractivity contribution >= 4 is 17.2 Å². The van der Waals surface area contributed by atoms with Crippen LogP contribution < -0.4 is 5.32 Å². The summed E-state index contributed by atoms with van der Waals surface area (Å²) >= 11 is 1.33. The first-order valence-corrected chi connectivity index (χ1v) is 6.96.